The van der Waals surface area contributed by atoms with E-state index in [0.717, 1.165) is 35.1 Å². The number of pyridine rings is 1. The summed E-state index contributed by atoms with van der Waals surface area (Å²) in [5.41, 5.74) is 3.98. The minimum Gasteiger partial charge on any atom is -0.379 e. The number of aromatic nitrogens is 1. The number of urea groups is 1. The minimum absolute atomic E-state index is 0.181. The van der Waals surface area contributed by atoms with Crippen molar-refractivity contribution in [1.29, 1.82) is 0 Å². The fraction of sp³-hybridized carbons (Fsp3) is 0.360. The van der Waals surface area contributed by atoms with Crippen molar-refractivity contribution in [2.75, 3.05) is 44.7 Å². The number of hydrogen-bond acceptors (Lipinski definition) is 4. The van der Waals surface area contributed by atoms with Crippen LogP contribution in [-0.2, 0) is 11.3 Å². The van der Waals surface area contributed by atoms with Crippen molar-refractivity contribution in [1.82, 2.24) is 14.8 Å². The van der Waals surface area contributed by atoms with Gasteiger partial charge in [-0.15, -0.1) is 0 Å². The molecule has 0 radical (unpaired) electrons. The average Bonchev–Trinajstić information content (AvgIpc) is 2.77. The van der Waals surface area contributed by atoms with E-state index in [0.29, 0.717) is 42.6 Å². The average molecular weight is 469 g/mol. The van der Waals surface area contributed by atoms with Crippen molar-refractivity contribution in [2.24, 2.45) is 0 Å². The molecule has 33 heavy (non-hydrogen) atoms. The van der Waals surface area contributed by atoms with Gasteiger partial charge in [0.1, 0.15) is 0 Å². The lowest BCUT2D eigenvalue weighted by Gasteiger charge is -2.30. The molecule has 0 spiro atoms. The van der Waals surface area contributed by atoms with Crippen LogP contribution in [0.25, 0.3) is 10.9 Å². The third-order valence-corrected chi connectivity index (χ3v) is 6.14. The van der Waals surface area contributed by atoms with Crippen molar-refractivity contribution in [3.63, 3.8) is 0 Å². The Kier molecular flexibility index (Phi) is 7.33. The lowest BCUT2D eigenvalue weighted by Crippen LogP contribution is -2.44. The van der Waals surface area contributed by atoms with Crippen LogP contribution < -0.4 is 10.9 Å². The normalized spacial score (nSPS) is 14.4. The van der Waals surface area contributed by atoms with E-state index < -0.39 is 0 Å². The molecule has 0 unspecified atom stereocenters. The topological polar surface area (TPSA) is 77.7 Å². The number of H-pyrrole nitrogens is 1. The summed E-state index contributed by atoms with van der Waals surface area (Å²) >= 11 is 6.07. The molecular weight excluding hydrogens is 440 g/mol. The summed E-state index contributed by atoms with van der Waals surface area (Å²) < 4.78 is 5.42. The molecule has 174 valence electrons. The highest BCUT2D eigenvalue weighted by Crippen LogP contribution is 2.20. The number of ether oxygens (including phenoxy) is 1. The molecule has 8 heteroatoms. The summed E-state index contributed by atoms with van der Waals surface area (Å²) in [6.45, 7) is 8.47. The Hall–Kier alpha value is -2.87. The second-order valence-electron chi connectivity index (χ2n) is 8.48. The number of fused-ring (bicyclic) bond motifs is 1. The Morgan fingerprint density at radius 2 is 1.97 bits per heavy atom. The maximum atomic E-state index is 13.2. The first-order valence-electron chi connectivity index (χ1n) is 11.1. The van der Waals surface area contributed by atoms with Gasteiger partial charge in [-0.25, -0.2) is 4.79 Å². The molecule has 0 saturated carbocycles. The molecule has 2 amide bonds. The zero-order valence-electron chi connectivity index (χ0n) is 19.0. The van der Waals surface area contributed by atoms with E-state index in [9.17, 15) is 9.59 Å². The molecule has 7 nitrogen and oxygen atoms in total. The van der Waals surface area contributed by atoms with Gasteiger partial charge in [-0.05, 0) is 55.3 Å². The van der Waals surface area contributed by atoms with Crippen LogP contribution in [0.4, 0.5) is 10.5 Å². The highest BCUT2D eigenvalue weighted by atomic mass is 35.5. The van der Waals surface area contributed by atoms with Crippen LogP contribution in [0.15, 0.2) is 47.3 Å². The Morgan fingerprint density at radius 3 is 2.73 bits per heavy atom. The lowest BCUT2D eigenvalue weighted by molar-refractivity contribution is 0.0349. The van der Waals surface area contributed by atoms with Crippen molar-refractivity contribution in [2.45, 2.75) is 20.4 Å². The Balaban J connectivity index is 1.58. The number of hydrogen-bond donors (Lipinski definition) is 2. The Bertz CT molecular complexity index is 1200. The van der Waals surface area contributed by atoms with Gasteiger partial charge in [-0.3, -0.25) is 9.69 Å². The van der Waals surface area contributed by atoms with E-state index in [-0.39, 0.29) is 18.1 Å². The van der Waals surface area contributed by atoms with Crippen molar-refractivity contribution >= 4 is 34.2 Å². The van der Waals surface area contributed by atoms with E-state index in [1.807, 2.05) is 26.0 Å². The van der Waals surface area contributed by atoms with Crippen LogP contribution >= 0.6 is 11.6 Å². The number of anilines is 1. The molecular formula is C25H29ClN4O3. The maximum absolute atomic E-state index is 13.2. The monoisotopic (exact) mass is 468 g/mol. The molecule has 0 bridgehead atoms. The molecule has 2 N–H and O–H groups in total. The summed E-state index contributed by atoms with van der Waals surface area (Å²) in [4.78, 5) is 33.0. The molecule has 3 aromatic rings. The van der Waals surface area contributed by atoms with Crippen LogP contribution in [0.5, 0.6) is 0 Å². The molecule has 1 aromatic heterocycles. The first-order valence-corrected chi connectivity index (χ1v) is 11.5. The minimum atomic E-state index is -0.273. The molecule has 2 heterocycles. The van der Waals surface area contributed by atoms with Crippen LogP contribution in [-0.4, -0.2) is 60.2 Å². The Morgan fingerprint density at radius 1 is 1.18 bits per heavy atom. The highest BCUT2D eigenvalue weighted by Gasteiger charge is 2.19. The highest BCUT2D eigenvalue weighted by molar-refractivity contribution is 6.30. The second-order valence-corrected chi connectivity index (χ2v) is 8.92. The van der Waals surface area contributed by atoms with Crippen LogP contribution in [0.2, 0.25) is 5.02 Å². The molecule has 2 aromatic carbocycles. The molecule has 1 aliphatic rings. The molecule has 1 fully saturated rings. The fourth-order valence-corrected chi connectivity index (χ4v) is 4.34. The summed E-state index contributed by atoms with van der Waals surface area (Å²) in [5, 5.41) is 4.44. The maximum Gasteiger partial charge on any atom is 0.322 e. The SMILES string of the molecule is Cc1cc(C)c2cc(CN(CCN3CCOCC3)C(=O)Nc3cccc(Cl)c3)c(=O)[nH]c2c1. The first kappa shape index (κ1) is 23.3. The zero-order chi connectivity index (χ0) is 23.4. The first-order chi connectivity index (χ1) is 15.9. The molecule has 0 atom stereocenters. The van der Waals surface area contributed by atoms with Crippen LogP contribution in [0.1, 0.15) is 16.7 Å². The zero-order valence-corrected chi connectivity index (χ0v) is 19.7. The van der Waals surface area contributed by atoms with Gasteiger partial charge in [-0.2, -0.15) is 0 Å². The number of aromatic amines is 1. The standard InChI is InChI=1S/C25H29ClN4O3/c1-17-12-18(2)22-14-19(24(31)28-23(22)13-17)16-30(7-6-29-8-10-33-11-9-29)25(32)27-21-5-3-4-20(26)15-21/h3-5,12-15H,6-11,16H2,1-2H3,(H,27,32)(H,28,31). The summed E-state index contributed by atoms with van der Waals surface area (Å²) in [6.07, 6.45) is 0. The van der Waals surface area contributed by atoms with Crippen molar-refractivity contribution < 1.29 is 9.53 Å². The number of carbonyl (C=O) groups excluding carboxylic acids is 1. The number of rotatable bonds is 6. The van der Waals surface area contributed by atoms with Gasteiger partial charge >= 0.3 is 6.03 Å². The third kappa shape index (κ3) is 5.93. The number of morpholine rings is 1. The summed E-state index contributed by atoms with van der Waals surface area (Å²) in [7, 11) is 0. The van der Waals surface area contributed by atoms with E-state index >= 15 is 0 Å². The Labute approximate surface area is 198 Å². The molecule has 1 aliphatic heterocycles. The van der Waals surface area contributed by atoms with Gasteiger partial charge in [0.15, 0.2) is 0 Å². The second kappa shape index (κ2) is 10.4. The lowest BCUT2D eigenvalue weighted by atomic mass is 10.0. The number of carbonyl (C=O) groups is 1. The number of nitrogens with zero attached hydrogens (tertiary/aromatic N) is 2. The number of nitrogens with one attached hydrogen (secondary N) is 2. The van der Waals surface area contributed by atoms with Crippen LogP contribution in [0, 0.1) is 13.8 Å². The summed E-state index contributed by atoms with van der Waals surface area (Å²) in [5.74, 6) is 0. The number of amides is 2. The van der Waals surface area contributed by atoms with Gasteiger partial charge in [0.2, 0.25) is 0 Å². The predicted octanol–water partition coefficient (Wildman–Crippen LogP) is 4.16. The number of aryl methyl sites for hydroxylation is 2. The largest absolute Gasteiger partial charge is 0.379 e. The van der Waals surface area contributed by atoms with Gasteiger partial charge in [0.25, 0.3) is 5.56 Å². The van der Waals surface area contributed by atoms with Gasteiger partial charge < -0.3 is 19.9 Å². The van der Waals surface area contributed by atoms with E-state index in [4.69, 9.17) is 16.3 Å². The smallest absolute Gasteiger partial charge is 0.322 e. The van der Waals surface area contributed by atoms with E-state index in [1.54, 1.807) is 29.2 Å². The van der Waals surface area contributed by atoms with E-state index in [1.165, 1.54) is 0 Å². The van der Waals surface area contributed by atoms with Gasteiger partial charge in [-0.1, -0.05) is 23.7 Å². The number of benzene rings is 2. The molecule has 0 aliphatic carbocycles. The van der Waals surface area contributed by atoms with E-state index in [2.05, 4.69) is 21.3 Å². The van der Waals surface area contributed by atoms with Crippen LogP contribution in [0.3, 0.4) is 0 Å². The number of halogens is 1. The summed E-state index contributed by atoms with van der Waals surface area (Å²) in [6, 6.07) is 12.7. The molecule has 1 saturated heterocycles. The quantitative estimate of drug-likeness (QED) is 0.569. The fourth-order valence-electron chi connectivity index (χ4n) is 4.15. The molecule has 4 rings (SSSR count). The predicted molar refractivity (Wildman–Crippen MR) is 132 cm³/mol. The van der Waals surface area contributed by atoms with Gasteiger partial charge in [0.05, 0.1) is 19.8 Å². The van der Waals surface area contributed by atoms with Gasteiger partial charge in [0, 0.05) is 53.4 Å². The van der Waals surface area contributed by atoms with Crippen molar-refractivity contribution in [3.05, 3.63) is 74.5 Å². The van der Waals surface area contributed by atoms with Crippen molar-refractivity contribution in [3.8, 4) is 0 Å². The third-order valence-electron chi connectivity index (χ3n) is 5.90.